The molecule has 1 aromatic rings. The molecule has 0 heterocycles. The van der Waals surface area contributed by atoms with E-state index >= 15 is 0 Å². The van der Waals surface area contributed by atoms with Crippen LogP contribution in [0.3, 0.4) is 0 Å². The molecule has 0 radical (unpaired) electrons. The first-order chi connectivity index (χ1) is 9.12. The Hall–Kier alpha value is -2.08. The van der Waals surface area contributed by atoms with Crippen LogP contribution in [0, 0.1) is 0 Å². The van der Waals surface area contributed by atoms with Crippen LogP contribution in [-0.2, 0) is 9.47 Å². The minimum absolute atomic E-state index is 0.000547. The van der Waals surface area contributed by atoms with Crippen LogP contribution >= 0.6 is 0 Å². The van der Waals surface area contributed by atoms with Crippen LogP contribution in [0.25, 0.3) is 0 Å². The van der Waals surface area contributed by atoms with Crippen LogP contribution in [0.4, 0.5) is 0 Å². The molecule has 0 aliphatic heterocycles. The van der Waals surface area contributed by atoms with E-state index < -0.39 is 11.9 Å². The molecule has 1 rings (SSSR count). The number of aliphatic hydroxyl groups excluding tert-OH is 1. The second-order valence-electron chi connectivity index (χ2n) is 3.65. The molecule has 0 spiro atoms. The summed E-state index contributed by atoms with van der Waals surface area (Å²) < 4.78 is 14.5. The fraction of sp³-hybridized carbons (Fsp3) is 0.385. The molecule has 0 fully saturated rings. The molecular weight excluding hydrogens is 252 g/mol. The molecule has 6 nitrogen and oxygen atoms in total. The van der Waals surface area contributed by atoms with Crippen molar-refractivity contribution in [2.75, 3.05) is 27.4 Å². The molecule has 19 heavy (non-hydrogen) atoms. The van der Waals surface area contributed by atoms with Crippen LogP contribution in [0.15, 0.2) is 18.2 Å². The number of esters is 2. The zero-order valence-electron chi connectivity index (χ0n) is 10.8. The van der Waals surface area contributed by atoms with Crippen molar-refractivity contribution < 1.29 is 28.9 Å². The van der Waals surface area contributed by atoms with Gasteiger partial charge in [0, 0.05) is 13.0 Å². The van der Waals surface area contributed by atoms with E-state index in [0.29, 0.717) is 12.2 Å². The van der Waals surface area contributed by atoms with Crippen LogP contribution in [0.1, 0.15) is 27.1 Å². The molecule has 1 N–H and O–H groups in total. The number of benzene rings is 1. The second-order valence-corrected chi connectivity index (χ2v) is 3.65. The normalized spacial score (nSPS) is 9.84. The van der Waals surface area contributed by atoms with Gasteiger partial charge >= 0.3 is 11.9 Å². The first-order valence-electron chi connectivity index (χ1n) is 5.67. The summed E-state index contributed by atoms with van der Waals surface area (Å²) >= 11 is 0. The van der Waals surface area contributed by atoms with Gasteiger partial charge in [-0.05, 0) is 18.2 Å². The van der Waals surface area contributed by atoms with Gasteiger partial charge in [0.2, 0.25) is 0 Å². The van der Waals surface area contributed by atoms with Crippen molar-refractivity contribution in [1.29, 1.82) is 0 Å². The number of hydrogen-bond acceptors (Lipinski definition) is 6. The molecule has 1 aromatic carbocycles. The lowest BCUT2D eigenvalue weighted by Crippen LogP contribution is -2.08. The summed E-state index contributed by atoms with van der Waals surface area (Å²) in [6.07, 6.45) is 0.454. The molecule has 0 saturated heterocycles. The number of carbonyl (C=O) groups excluding carboxylic acids is 2. The van der Waals surface area contributed by atoms with Crippen molar-refractivity contribution in [2.24, 2.45) is 0 Å². The van der Waals surface area contributed by atoms with E-state index in [-0.39, 0.29) is 24.3 Å². The minimum Gasteiger partial charge on any atom is -0.493 e. The van der Waals surface area contributed by atoms with Crippen LogP contribution in [0.2, 0.25) is 0 Å². The van der Waals surface area contributed by atoms with E-state index in [9.17, 15) is 9.59 Å². The van der Waals surface area contributed by atoms with Gasteiger partial charge in [0.1, 0.15) is 5.75 Å². The third-order valence-corrected chi connectivity index (χ3v) is 2.32. The van der Waals surface area contributed by atoms with Gasteiger partial charge in [-0.1, -0.05) is 0 Å². The third kappa shape index (κ3) is 4.26. The number of ether oxygens (including phenoxy) is 3. The summed E-state index contributed by atoms with van der Waals surface area (Å²) in [6.45, 7) is 0.280. The summed E-state index contributed by atoms with van der Waals surface area (Å²) in [5.74, 6) is -0.799. The Balaban J connectivity index is 3.02. The van der Waals surface area contributed by atoms with E-state index in [2.05, 4.69) is 9.47 Å². The monoisotopic (exact) mass is 268 g/mol. The lowest BCUT2D eigenvalue weighted by molar-refractivity contribution is 0.0598. The maximum absolute atomic E-state index is 11.5. The van der Waals surface area contributed by atoms with Gasteiger partial charge in [0.05, 0.1) is 32.0 Å². The lowest BCUT2D eigenvalue weighted by Gasteiger charge is -2.09. The van der Waals surface area contributed by atoms with Crippen LogP contribution in [-0.4, -0.2) is 44.5 Å². The molecule has 0 saturated carbocycles. The van der Waals surface area contributed by atoms with Crippen molar-refractivity contribution in [2.45, 2.75) is 6.42 Å². The first-order valence-corrected chi connectivity index (χ1v) is 5.67. The molecule has 0 aliphatic rings. The zero-order chi connectivity index (χ0) is 14.3. The highest BCUT2D eigenvalue weighted by atomic mass is 16.5. The summed E-state index contributed by atoms with van der Waals surface area (Å²) in [4.78, 5) is 23.0. The Morgan fingerprint density at radius 2 is 1.58 bits per heavy atom. The molecule has 6 heteroatoms. The summed E-state index contributed by atoms with van der Waals surface area (Å²) in [5.41, 5.74) is 0.397. The Labute approximate surface area is 110 Å². The Morgan fingerprint density at radius 1 is 1.05 bits per heavy atom. The number of rotatable bonds is 6. The van der Waals surface area contributed by atoms with Gasteiger partial charge in [-0.15, -0.1) is 0 Å². The molecule has 0 unspecified atom stereocenters. The summed E-state index contributed by atoms with van der Waals surface area (Å²) in [7, 11) is 2.50. The fourth-order valence-electron chi connectivity index (χ4n) is 1.41. The maximum Gasteiger partial charge on any atom is 0.338 e. The molecule has 0 bridgehead atoms. The molecule has 104 valence electrons. The van der Waals surface area contributed by atoms with E-state index in [1.165, 1.54) is 32.4 Å². The highest BCUT2D eigenvalue weighted by Gasteiger charge is 2.14. The van der Waals surface area contributed by atoms with E-state index in [1.54, 1.807) is 0 Å². The predicted octanol–water partition coefficient (Wildman–Crippen LogP) is 1.02. The smallest absolute Gasteiger partial charge is 0.338 e. The SMILES string of the molecule is COC(=O)c1cc(OCCCO)cc(C(=O)OC)c1. The van der Waals surface area contributed by atoms with Gasteiger partial charge < -0.3 is 19.3 Å². The zero-order valence-corrected chi connectivity index (χ0v) is 10.8. The summed E-state index contributed by atoms with van der Waals surface area (Å²) in [6, 6.07) is 4.31. The Morgan fingerprint density at radius 3 is 2.00 bits per heavy atom. The number of carbonyl (C=O) groups is 2. The molecular formula is C13H16O6. The highest BCUT2D eigenvalue weighted by Crippen LogP contribution is 2.19. The van der Waals surface area contributed by atoms with Crippen molar-refractivity contribution in [1.82, 2.24) is 0 Å². The number of methoxy groups -OCH3 is 2. The topological polar surface area (TPSA) is 82.1 Å². The van der Waals surface area contributed by atoms with E-state index in [4.69, 9.17) is 9.84 Å². The standard InChI is InChI=1S/C13H16O6/c1-17-12(15)9-6-10(13(16)18-2)8-11(7-9)19-5-3-4-14/h6-8,14H,3-5H2,1-2H3. The Kier molecular flexibility index (Phi) is 5.81. The summed E-state index contributed by atoms with van der Waals surface area (Å²) in [5, 5.41) is 8.68. The molecule has 0 aliphatic carbocycles. The van der Waals surface area contributed by atoms with Crippen LogP contribution < -0.4 is 4.74 Å². The lowest BCUT2D eigenvalue weighted by atomic mass is 10.1. The van der Waals surface area contributed by atoms with E-state index in [0.717, 1.165) is 0 Å². The van der Waals surface area contributed by atoms with Gasteiger partial charge in [-0.25, -0.2) is 9.59 Å². The highest BCUT2D eigenvalue weighted by molar-refractivity contribution is 5.96. The number of hydrogen-bond donors (Lipinski definition) is 1. The average molecular weight is 268 g/mol. The largest absolute Gasteiger partial charge is 0.493 e. The molecule has 0 amide bonds. The van der Waals surface area contributed by atoms with Crippen LogP contribution in [0.5, 0.6) is 5.75 Å². The third-order valence-electron chi connectivity index (χ3n) is 2.32. The Bertz CT molecular complexity index is 420. The van der Waals surface area contributed by atoms with E-state index in [1.807, 2.05) is 0 Å². The van der Waals surface area contributed by atoms with Crippen molar-refractivity contribution in [3.63, 3.8) is 0 Å². The first kappa shape index (κ1) is 15.0. The van der Waals surface area contributed by atoms with Crippen molar-refractivity contribution >= 4 is 11.9 Å². The minimum atomic E-state index is -0.572. The van der Waals surface area contributed by atoms with Gasteiger partial charge in [0.15, 0.2) is 0 Å². The quantitative estimate of drug-likeness (QED) is 0.612. The molecule has 0 atom stereocenters. The maximum atomic E-state index is 11.5. The predicted molar refractivity (Wildman–Crippen MR) is 66.3 cm³/mol. The number of aliphatic hydroxyl groups is 1. The fourth-order valence-corrected chi connectivity index (χ4v) is 1.41. The second kappa shape index (κ2) is 7.38. The average Bonchev–Trinajstić information content (AvgIpc) is 2.45. The molecule has 0 aromatic heterocycles. The van der Waals surface area contributed by atoms with Gasteiger partial charge in [-0.3, -0.25) is 0 Å². The van der Waals surface area contributed by atoms with Crippen molar-refractivity contribution in [3.8, 4) is 5.75 Å². The van der Waals surface area contributed by atoms with Gasteiger partial charge in [-0.2, -0.15) is 0 Å². The van der Waals surface area contributed by atoms with Crippen molar-refractivity contribution in [3.05, 3.63) is 29.3 Å². The van der Waals surface area contributed by atoms with Gasteiger partial charge in [0.25, 0.3) is 0 Å².